The largest absolute Gasteiger partial charge is 0.495 e. The lowest BCUT2D eigenvalue weighted by atomic mass is 10.2. The number of methoxy groups -OCH3 is 1. The second kappa shape index (κ2) is 8.58. The molecule has 1 amide bonds. The molecule has 0 aliphatic carbocycles. The topological polar surface area (TPSA) is 47.6 Å². The molecule has 0 fully saturated rings. The maximum Gasteiger partial charge on any atom is 0.224 e. The SMILES string of the molecule is COc1ccc(Br)cc1NC(=O)CCCOc1ccccc1C. The van der Waals surface area contributed by atoms with Crippen LogP contribution in [0.15, 0.2) is 46.9 Å². The summed E-state index contributed by atoms with van der Waals surface area (Å²) in [5.41, 5.74) is 1.75. The van der Waals surface area contributed by atoms with Gasteiger partial charge >= 0.3 is 0 Å². The van der Waals surface area contributed by atoms with Crippen LogP contribution < -0.4 is 14.8 Å². The predicted molar refractivity (Wildman–Crippen MR) is 95.2 cm³/mol. The Morgan fingerprint density at radius 2 is 1.96 bits per heavy atom. The van der Waals surface area contributed by atoms with Crippen LogP contribution in [0.1, 0.15) is 18.4 Å². The zero-order chi connectivity index (χ0) is 16.7. The summed E-state index contributed by atoms with van der Waals surface area (Å²) >= 11 is 3.39. The molecular formula is C18H20BrNO3. The van der Waals surface area contributed by atoms with E-state index in [9.17, 15) is 4.79 Å². The summed E-state index contributed by atoms with van der Waals surface area (Å²) in [6.45, 7) is 2.51. The van der Waals surface area contributed by atoms with Gasteiger partial charge in [0.25, 0.3) is 0 Å². The number of carbonyl (C=O) groups is 1. The summed E-state index contributed by atoms with van der Waals surface area (Å²) in [6, 6.07) is 13.3. The van der Waals surface area contributed by atoms with Gasteiger partial charge in [0.1, 0.15) is 11.5 Å². The fraction of sp³-hybridized carbons (Fsp3) is 0.278. The van der Waals surface area contributed by atoms with Gasteiger partial charge in [-0.3, -0.25) is 4.79 Å². The van der Waals surface area contributed by atoms with Crippen LogP contribution >= 0.6 is 15.9 Å². The standard InChI is InChI=1S/C18H20BrNO3/c1-13-6-3-4-7-16(13)23-11-5-8-18(21)20-15-12-14(19)9-10-17(15)22-2/h3-4,6-7,9-10,12H,5,8,11H2,1-2H3,(H,20,21). The molecule has 2 aromatic rings. The fourth-order valence-electron chi connectivity index (χ4n) is 2.12. The van der Waals surface area contributed by atoms with Crippen molar-refractivity contribution >= 4 is 27.5 Å². The van der Waals surface area contributed by atoms with Gasteiger partial charge in [-0.2, -0.15) is 0 Å². The minimum Gasteiger partial charge on any atom is -0.495 e. The molecular weight excluding hydrogens is 358 g/mol. The first-order valence-electron chi connectivity index (χ1n) is 7.42. The molecule has 0 saturated carbocycles. The Bertz CT molecular complexity index is 673. The van der Waals surface area contributed by atoms with E-state index in [1.165, 1.54) is 0 Å². The third-order valence-corrected chi connectivity index (χ3v) is 3.83. The molecule has 0 radical (unpaired) electrons. The highest BCUT2D eigenvalue weighted by atomic mass is 79.9. The molecule has 0 saturated heterocycles. The first-order valence-corrected chi connectivity index (χ1v) is 8.21. The van der Waals surface area contributed by atoms with Crippen LogP contribution in [-0.2, 0) is 4.79 Å². The van der Waals surface area contributed by atoms with Gasteiger partial charge in [-0.15, -0.1) is 0 Å². The first kappa shape index (κ1) is 17.3. The molecule has 2 rings (SSSR count). The number of carbonyl (C=O) groups excluding carboxylic acids is 1. The predicted octanol–water partition coefficient (Wildman–Crippen LogP) is 4.56. The molecule has 2 aromatic carbocycles. The smallest absolute Gasteiger partial charge is 0.224 e. The molecule has 4 nitrogen and oxygen atoms in total. The summed E-state index contributed by atoms with van der Waals surface area (Å²) in [4.78, 5) is 12.0. The molecule has 122 valence electrons. The lowest BCUT2D eigenvalue weighted by molar-refractivity contribution is -0.116. The van der Waals surface area contributed by atoms with E-state index < -0.39 is 0 Å². The molecule has 0 aliphatic heterocycles. The lowest BCUT2D eigenvalue weighted by Gasteiger charge is -2.11. The highest BCUT2D eigenvalue weighted by Crippen LogP contribution is 2.28. The van der Waals surface area contributed by atoms with Crippen LogP contribution in [0, 0.1) is 6.92 Å². The van der Waals surface area contributed by atoms with E-state index in [1.54, 1.807) is 13.2 Å². The van der Waals surface area contributed by atoms with Gasteiger partial charge in [0.15, 0.2) is 0 Å². The summed E-state index contributed by atoms with van der Waals surface area (Å²) in [7, 11) is 1.58. The summed E-state index contributed by atoms with van der Waals surface area (Å²) in [5.74, 6) is 1.44. The Morgan fingerprint density at radius 1 is 1.17 bits per heavy atom. The maximum atomic E-state index is 12.0. The number of aryl methyl sites for hydroxylation is 1. The fourth-order valence-corrected chi connectivity index (χ4v) is 2.48. The third-order valence-electron chi connectivity index (χ3n) is 3.33. The van der Waals surface area contributed by atoms with Crippen molar-refractivity contribution in [2.24, 2.45) is 0 Å². The van der Waals surface area contributed by atoms with E-state index in [-0.39, 0.29) is 5.91 Å². The van der Waals surface area contributed by atoms with Crippen molar-refractivity contribution < 1.29 is 14.3 Å². The number of amides is 1. The third kappa shape index (κ3) is 5.28. The Labute approximate surface area is 144 Å². The number of benzene rings is 2. The summed E-state index contributed by atoms with van der Waals surface area (Å²) < 4.78 is 11.8. The quantitative estimate of drug-likeness (QED) is 0.719. The number of para-hydroxylation sites is 1. The number of hydrogen-bond donors (Lipinski definition) is 1. The molecule has 0 atom stereocenters. The Kier molecular flexibility index (Phi) is 6.47. The lowest BCUT2D eigenvalue weighted by Crippen LogP contribution is -2.13. The Hall–Kier alpha value is -2.01. The van der Waals surface area contributed by atoms with Crippen molar-refractivity contribution in [2.45, 2.75) is 19.8 Å². The molecule has 0 unspecified atom stereocenters. The molecule has 23 heavy (non-hydrogen) atoms. The van der Waals surface area contributed by atoms with Gasteiger partial charge in [-0.05, 0) is 43.2 Å². The second-order valence-corrected chi connectivity index (χ2v) is 6.03. The van der Waals surface area contributed by atoms with E-state index in [0.717, 1.165) is 15.8 Å². The monoisotopic (exact) mass is 377 g/mol. The molecule has 1 N–H and O–H groups in total. The van der Waals surface area contributed by atoms with Crippen LogP contribution in [0.25, 0.3) is 0 Å². The zero-order valence-electron chi connectivity index (χ0n) is 13.3. The van der Waals surface area contributed by atoms with Crippen LogP contribution in [0.2, 0.25) is 0 Å². The molecule has 5 heteroatoms. The van der Waals surface area contributed by atoms with E-state index in [2.05, 4.69) is 21.2 Å². The van der Waals surface area contributed by atoms with Gasteiger partial charge in [-0.1, -0.05) is 34.1 Å². The van der Waals surface area contributed by atoms with Gasteiger partial charge in [0.2, 0.25) is 5.91 Å². The molecule has 0 aliphatic rings. The zero-order valence-corrected chi connectivity index (χ0v) is 14.9. The van der Waals surface area contributed by atoms with Crippen LogP contribution in [0.3, 0.4) is 0 Å². The Morgan fingerprint density at radius 3 is 2.70 bits per heavy atom. The highest BCUT2D eigenvalue weighted by Gasteiger charge is 2.08. The summed E-state index contributed by atoms with van der Waals surface area (Å²) in [6.07, 6.45) is 1.04. The van der Waals surface area contributed by atoms with Crippen LogP contribution in [0.4, 0.5) is 5.69 Å². The van der Waals surface area contributed by atoms with Crippen molar-refractivity contribution in [1.29, 1.82) is 0 Å². The molecule has 0 aromatic heterocycles. The van der Waals surface area contributed by atoms with Gasteiger partial charge in [0.05, 0.1) is 19.4 Å². The number of hydrogen-bond acceptors (Lipinski definition) is 3. The number of anilines is 1. The Balaban J connectivity index is 1.80. The first-order chi connectivity index (χ1) is 11.1. The van der Waals surface area contributed by atoms with Gasteiger partial charge in [0, 0.05) is 10.9 Å². The van der Waals surface area contributed by atoms with Crippen LogP contribution in [0.5, 0.6) is 11.5 Å². The van der Waals surface area contributed by atoms with Crippen molar-refractivity contribution in [1.82, 2.24) is 0 Å². The van der Waals surface area contributed by atoms with E-state index in [4.69, 9.17) is 9.47 Å². The molecule has 0 heterocycles. The average Bonchev–Trinajstić information content (AvgIpc) is 2.53. The normalized spacial score (nSPS) is 10.2. The second-order valence-electron chi connectivity index (χ2n) is 5.11. The number of nitrogens with one attached hydrogen (secondary N) is 1. The van der Waals surface area contributed by atoms with Crippen LogP contribution in [-0.4, -0.2) is 19.6 Å². The average molecular weight is 378 g/mol. The molecule has 0 spiro atoms. The van der Waals surface area contributed by atoms with Crippen molar-refractivity contribution in [3.63, 3.8) is 0 Å². The molecule has 0 bridgehead atoms. The van der Waals surface area contributed by atoms with E-state index in [1.807, 2.05) is 43.3 Å². The maximum absolute atomic E-state index is 12.0. The van der Waals surface area contributed by atoms with Crippen molar-refractivity contribution in [3.05, 3.63) is 52.5 Å². The minimum atomic E-state index is -0.0604. The highest BCUT2D eigenvalue weighted by molar-refractivity contribution is 9.10. The van der Waals surface area contributed by atoms with Gasteiger partial charge < -0.3 is 14.8 Å². The van der Waals surface area contributed by atoms with Gasteiger partial charge in [-0.25, -0.2) is 0 Å². The minimum absolute atomic E-state index is 0.0604. The number of ether oxygens (including phenoxy) is 2. The number of rotatable bonds is 7. The summed E-state index contributed by atoms with van der Waals surface area (Å²) in [5, 5.41) is 2.86. The van der Waals surface area contributed by atoms with E-state index >= 15 is 0 Å². The number of halogens is 1. The van der Waals surface area contributed by atoms with Crippen molar-refractivity contribution in [2.75, 3.05) is 19.0 Å². The van der Waals surface area contributed by atoms with Crippen molar-refractivity contribution in [3.8, 4) is 11.5 Å². The van der Waals surface area contributed by atoms with E-state index in [0.29, 0.717) is 30.9 Å².